The van der Waals surface area contributed by atoms with Crippen molar-refractivity contribution in [2.75, 3.05) is 12.8 Å². The molecule has 12 heavy (non-hydrogen) atoms. The molecular weight excluding hydrogens is 174 g/mol. The summed E-state index contributed by atoms with van der Waals surface area (Å²) in [5, 5.41) is 0.594. The monoisotopic (exact) mass is 187 g/mol. The van der Waals surface area contributed by atoms with Crippen LogP contribution in [0.2, 0.25) is 5.02 Å². The van der Waals surface area contributed by atoms with Crippen molar-refractivity contribution in [3.05, 3.63) is 23.2 Å². The molecule has 0 bridgehead atoms. The predicted octanol–water partition coefficient (Wildman–Crippen LogP) is 2.96. The van der Waals surface area contributed by atoms with E-state index in [4.69, 9.17) is 22.1 Å². The lowest BCUT2D eigenvalue weighted by atomic mass is 10.3. The Bertz CT molecular complexity index is 218. The number of halogens is 1. The van der Waals surface area contributed by atoms with Crippen LogP contribution in [0.4, 0.5) is 5.69 Å². The molecule has 1 aromatic rings. The van der Waals surface area contributed by atoms with Crippen molar-refractivity contribution in [1.29, 1.82) is 0 Å². The van der Waals surface area contributed by atoms with E-state index >= 15 is 0 Å². The zero-order chi connectivity index (χ0) is 9.56. The van der Waals surface area contributed by atoms with Gasteiger partial charge in [0.1, 0.15) is 5.75 Å². The maximum Gasteiger partial charge on any atom is 0.122 e. The first-order valence-electron chi connectivity index (χ1n) is 3.82. The average Bonchev–Trinajstić information content (AvgIpc) is 2.06. The number of nitrogen functional groups attached to an aromatic ring is 1. The van der Waals surface area contributed by atoms with Crippen LogP contribution in [0.3, 0.4) is 0 Å². The van der Waals surface area contributed by atoms with Gasteiger partial charge in [-0.25, -0.2) is 0 Å². The molecule has 0 aromatic heterocycles. The van der Waals surface area contributed by atoms with E-state index in [0.29, 0.717) is 16.5 Å². The average molecular weight is 188 g/mol. The lowest BCUT2D eigenvalue weighted by Gasteiger charge is -2.00. The van der Waals surface area contributed by atoms with E-state index in [2.05, 4.69) is 0 Å². The highest BCUT2D eigenvalue weighted by molar-refractivity contribution is 6.31. The minimum absolute atomic E-state index is 0.594. The van der Waals surface area contributed by atoms with Crippen LogP contribution in [0.5, 0.6) is 5.75 Å². The molecule has 0 aliphatic carbocycles. The minimum Gasteiger partial charge on any atom is -0.497 e. The van der Waals surface area contributed by atoms with E-state index in [1.54, 1.807) is 25.3 Å². The van der Waals surface area contributed by atoms with E-state index < -0.39 is 0 Å². The van der Waals surface area contributed by atoms with Crippen LogP contribution in [0.1, 0.15) is 13.8 Å². The second kappa shape index (κ2) is 5.72. The summed E-state index contributed by atoms with van der Waals surface area (Å²) in [6, 6.07) is 5.09. The third-order valence-electron chi connectivity index (χ3n) is 1.13. The summed E-state index contributed by atoms with van der Waals surface area (Å²) < 4.78 is 4.91. The molecule has 0 aliphatic heterocycles. The van der Waals surface area contributed by atoms with E-state index in [1.165, 1.54) is 0 Å². The Morgan fingerprint density at radius 2 is 1.83 bits per heavy atom. The lowest BCUT2D eigenvalue weighted by molar-refractivity contribution is 0.415. The SMILES string of the molecule is CC.COc1cc(N)cc(Cl)c1. The van der Waals surface area contributed by atoms with Gasteiger partial charge in [-0.2, -0.15) is 0 Å². The van der Waals surface area contributed by atoms with Crippen molar-refractivity contribution < 1.29 is 4.74 Å². The van der Waals surface area contributed by atoms with E-state index in [1.807, 2.05) is 13.8 Å². The summed E-state index contributed by atoms with van der Waals surface area (Å²) in [4.78, 5) is 0. The van der Waals surface area contributed by atoms with Gasteiger partial charge in [0, 0.05) is 16.8 Å². The summed E-state index contributed by atoms with van der Waals surface area (Å²) in [5.74, 6) is 0.685. The van der Waals surface area contributed by atoms with Crippen molar-refractivity contribution in [2.45, 2.75) is 13.8 Å². The zero-order valence-corrected chi connectivity index (χ0v) is 8.35. The molecule has 0 atom stereocenters. The van der Waals surface area contributed by atoms with Crippen LogP contribution in [-0.2, 0) is 0 Å². The van der Waals surface area contributed by atoms with Crippen LogP contribution in [0.25, 0.3) is 0 Å². The first kappa shape index (κ1) is 11.1. The van der Waals surface area contributed by atoms with Gasteiger partial charge in [0.2, 0.25) is 0 Å². The van der Waals surface area contributed by atoms with Crippen LogP contribution in [-0.4, -0.2) is 7.11 Å². The maximum absolute atomic E-state index is 5.67. The van der Waals surface area contributed by atoms with Gasteiger partial charge in [0.25, 0.3) is 0 Å². The molecule has 2 nitrogen and oxygen atoms in total. The van der Waals surface area contributed by atoms with Gasteiger partial charge in [0.05, 0.1) is 7.11 Å². The highest BCUT2D eigenvalue weighted by Gasteiger charge is 1.94. The molecule has 2 N–H and O–H groups in total. The Kier molecular flexibility index (Phi) is 5.30. The fraction of sp³-hybridized carbons (Fsp3) is 0.333. The normalized spacial score (nSPS) is 8.33. The molecule has 0 fully saturated rings. The third kappa shape index (κ3) is 3.49. The highest BCUT2D eigenvalue weighted by atomic mass is 35.5. The van der Waals surface area contributed by atoms with E-state index in [-0.39, 0.29) is 0 Å². The van der Waals surface area contributed by atoms with Gasteiger partial charge in [-0.3, -0.25) is 0 Å². The fourth-order valence-electron chi connectivity index (χ4n) is 0.702. The Hall–Kier alpha value is -0.890. The third-order valence-corrected chi connectivity index (χ3v) is 1.35. The zero-order valence-electron chi connectivity index (χ0n) is 7.60. The molecular formula is C9H14ClNO. The molecule has 0 saturated carbocycles. The second-order valence-electron chi connectivity index (χ2n) is 1.92. The number of rotatable bonds is 1. The number of ether oxygens (including phenoxy) is 1. The summed E-state index contributed by atoms with van der Waals surface area (Å²) in [6.45, 7) is 4.00. The van der Waals surface area contributed by atoms with Crippen LogP contribution in [0, 0.1) is 0 Å². The molecule has 0 spiro atoms. The summed E-state index contributed by atoms with van der Waals surface area (Å²) in [7, 11) is 1.57. The topological polar surface area (TPSA) is 35.2 Å². The van der Waals surface area contributed by atoms with Gasteiger partial charge in [-0.05, 0) is 12.1 Å². The Morgan fingerprint density at radius 1 is 1.25 bits per heavy atom. The van der Waals surface area contributed by atoms with Gasteiger partial charge >= 0.3 is 0 Å². The number of anilines is 1. The van der Waals surface area contributed by atoms with Crippen LogP contribution >= 0.6 is 11.6 Å². The standard InChI is InChI=1S/C7H8ClNO.C2H6/c1-10-7-3-5(8)2-6(9)4-7;1-2/h2-4H,9H2,1H3;1-2H3. The maximum atomic E-state index is 5.67. The van der Waals surface area contributed by atoms with Crippen molar-refractivity contribution in [3.8, 4) is 5.75 Å². The van der Waals surface area contributed by atoms with Gasteiger partial charge in [-0.1, -0.05) is 25.4 Å². The Balaban J connectivity index is 0.000000561. The molecule has 68 valence electrons. The molecule has 1 aromatic carbocycles. The molecule has 0 amide bonds. The van der Waals surface area contributed by atoms with Crippen molar-refractivity contribution in [1.82, 2.24) is 0 Å². The van der Waals surface area contributed by atoms with Gasteiger partial charge in [-0.15, -0.1) is 0 Å². The molecule has 0 heterocycles. The highest BCUT2D eigenvalue weighted by Crippen LogP contribution is 2.21. The number of benzene rings is 1. The minimum atomic E-state index is 0.594. The van der Waals surface area contributed by atoms with Crippen LogP contribution in [0.15, 0.2) is 18.2 Å². The largest absolute Gasteiger partial charge is 0.497 e. The molecule has 3 heteroatoms. The Morgan fingerprint density at radius 3 is 2.25 bits per heavy atom. The molecule has 0 saturated heterocycles. The molecule has 1 rings (SSSR count). The number of methoxy groups -OCH3 is 1. The summed E-state index contributed by atoms with van der Waals surface area (Å²) >= 11 is 5.67. The predicted molar refractivity (Wildman–Crippen MR) is 53.8 cm³/mol. The van der Waals surface area contributed by atoms with Crippen molar-refractivity contribution >= 4 is 17.3 Å². The lowest BCUT2D eigenvalue weighted by Crippen LogP contribution is -1.87. The molecule has 0 aliphatic rings. The van der Waals surface area contributed by atoms with Gasteiger partial charge < -0.3 is 10.5 Å². The first-order valence-corrected chi connectivity index (χ1v) is 4.20. The molecule has 0 unspecified atom stereocenters. The fourth-order valence-corrected chi connectivity index (χ4v) is 0.936. The smallest absolute Gasteiger partial charge is 0.122 e. The Labute approximate surface area is 78.3 Å². The summed E-state index contributed by atoms with van der Waals surface area (Å²) in [5.41, 5.74) is 6.09. The second-order valence-corrected chi connectivity index (χ2v) is 2.36. The number of hydrogen-bond acceptors (Lipinski definition) is 2. The van der Waals surface area contributed by atoms with Gasteiger partial charge in [0.15, 0.2) is 0 Å². The van der Waals surface area contributed by atoms with E-state index in [0.717, 1.165) is 0 Å². The number of hydrogen-bond donors (Lipinski definition) is 1. The quantitative estimate of drug-likeness (QED) is 0.687. The van der Waals surface area contributed by atoms with E-state index in [9.17, 15) is 0 Å². The van der Waals surface area contributed by atoms with Crippen LogP contribution < -0.4 is 10.5 Å². The first-order chi connectivity index (χ1) is 5.72. The summed E-state index contributed by atoms with van der Waals surface area (Å²) in [6.07, 6.45) is 0. The molecule has 0 radical (unpaired) electrons. The number of nitrogens with two attached hydrogens (primary N) is 1. The van der Waals surface area contributed by atoms with Crippen molar-refractivity contribution in [2.24, 2.45) is 0 Å². The van der Waals surface area contributed by atoms with Crippen molar-refractivity contribution in [3.63, 3.8) is 0 Å².